The normalized spacial score (nSPS) is 15.9. The van der Waals surface area contributed by atoms with E-state index in [1.54, 1.807) is 4.90 Å². The summed E-state index contributed by atoms with van der Waals surface area (Å²) >= 11 is 0. The van der Waals surface area contributed by atoms with Gasteiger partial charge in [-0.15, -0.1) is 0 Å². The van der Waals surface area contributed by atoms with Gasteiger partial charge >= 0.3 is 6.03 Å². The van der Waals surface area contributed by atoms with Gasteiger partial charge in [-0.1, -0.05) is 29.4 Å². The molecule has 2 N–H and O–H groups in total. The van der Waals surface area contributed by atoms with Gasteiger partial charge in [0.05, 0.1) is 11.8 Å². The Bertz CT molecular complexity index is 1000. The van der Waals surface area contributed by atoms with Crippen LogP contribution in [0.1, 0.15) is 31.4 Å². The molecular formula is C24H28N4O5. The van der Waals surface area contributed by atoms with Crippen molar-refractivity contribution in [3.8, 4) is 11.5 Å². The van der Waals surface area contributed by atoms with Crippen LogP contribution < -0.4 is 20.1 Å². The molecule has 0 radical (unpaired) electrons. The third-order valence-electron chi connectivity index (χ3n) is 5.49. The third-order valence-corrected chi connectivity index (χ3v) is 5.49. The number of anilines is 1. The molecule has 33 heavy (non-hydrogen) atoms. The minimum atomic E-state index is -0.263. The Morgan fingerprint density at radius 1 is 1.06 bits per heavy atom. The van der Waals surface area contributed by atoms with Gasteiger partial charge in [-0.2, -0.15) is 0 Å². The highest BCUT2D eigenvalue weighted by Crippen LogP contribution is 2.32. The number of carbonyl (C=O) groups excluding carboxylic acids is 2. The van der Waals surface area contributed by atoms with Crippen molar-refractivity contribution in [1.29, 1.82) is 0 Å². The van der Waals surface area contributed by atoms with Gasteiger partial charge in [0.15, 0.2) is 18.1 Å². The predicted molar refractivity (Wildman–Crippen MR) is 124 cm³/mol. The number of likely N-dealkylation sites (tertiary alicyclic amines) is 1. The number of piperidine rings is 1. The Balaban J connectivity index is 1.18. The first kappa shape index (κ1) is 22.4. The lowest BCUT2D eigenvalue weighted by atomic mass is 10.1. The lowest BCUT2D eigenvalue weighted by Crippen LogP contribution is -2.41. The molecular weight excluding hydrogens is 424 g/mol. The van der Waals surface area contributed by atoms with E-state index >= 15 is 0 Å². The van der Waals surface area contributed by atoms with Crippen molar-refractivity contribution in [3.05, 3.63) is 54.1 Å². The summed E-state index contributed by atoms with van der Waals surface area (Å²) in [7, 11) is 0. The fourth-order valence-corrected chi connectivity index (χ4v) is 3.66. The first-order valence-electron chi connectivity index (χ1n) is 11.1. The van der Waals surface area contributed by atoms with Gasteiger partial charge in [0.2, 0.25) is 0 Å². The van der Waals surface area contributed by atoms with Crippen LogP contribution in [0.5, 0.6) is 11.5 Å². The van der Waals surface area contributed by atoms with Crippen molar-refractivity contribution < 1.29 is 23.9 Å². The molecule has 2 aromatic carbocycles. The second-order valence-electron chi connectivity index (χ2n) is 7.91. The summed E-state index contributed by atoms with van der Waals surface area (Å²) in [5.41, 5.74) is 2.52. The summed E-state index contributed by atoms with van der Waals surface area (Å²) < 4.78 is 11.1. The molecule has 1 saturated heterocycles. The zero-order valence-electron chi connectivity index (χ0n) is 18.6. The van der Waals surface area contributed by atoms with Crippen LogP contribution >= 0.6 is 0 Å². The molecule has 0 aliphatic carbocycles. The molecule has 0 aromatic heterocycles. The van der Waals surface area contributed by atoms with Crippen LogP contribution in [0.3, 0.4) is 0 Å². The number of oxime groups is 1. The standard InChI is InChI=1S/C24H28N4O5/c1-17(18-7-8-21-22(15-18)32-14-13-31-21)25-23(29)16-33-27-20-9-11-28(12-10-20)24(30)26-19-5-3-2-4-6-19/h2-8,15,17H,9-14,16H2,1H3,(H,25,29)(H,26,30). The van der Waals surface area contributed by atoms with Crippen LogP contribution in [0.2, 0.25) is 0 Å². The van der Waals surface area contributed by atoms with Crippen molar-refractivity contribution >= 4 is 23.3 Å². The molecule has 1 atom stereocenters. The Morgan fingerprint density at radius 3 is 2.55 bits per heavy atom. The SMILES string of the molecule is CC(NC(=O)CON=C1CCN(C(=O)Nc2ccccc2)CC1)c1ccc2c(c1)OCCO2. The minimum absolute atomic E-state index is 0.131. The van der Waals surface area contributed by atoms with Crippen molar-refractivity contribution in [2.75, 3.05) is 38.2 Å². The van der Waals surface area contributed by atoms with Gasteiger partial charge in [0.25, 0.3) is 5.91 Å². The van der Waals surface area contributed by atoms with E-state index in [4.69, 9.17) is 14.3 Å². The molecule has 9 nitrogen and oxygen atoms in total. The average molecular weight is 453 g/mol. The topological polar surface area (TPSA) is 101 Å². The van der Waals surface area contributed by atoms with E-state index in [-0.39, 0.29) is 24.6 Å². The number of carbonyl (C=O) groups is 2. The molecule has 2 aromatic rings. The lowest BCUT2D eigenvalue weighted by molar-refractivity contribution is -0.126. The second-order valence-corrected chi connectivity index (χ2v) is 7.91. The fraction of sp³-hybridized carbons (Fsp3) is 0.375. The Kier molecular flexibility index (Phi) is 7.29. The maximum atomic E-state index is 12.4. The number of rotatable bonds is 6. The number of amides is 3. The number of fused-ring (bicyclic) bond motifs is 1. The monoisotopic (exact) mass is 452 g/mol. The molecule has 4 rings (SSSR count). The summed E-state index contributed by atoms with van der Waals surface area (Å²) in [5.74, 6) is 1.14. The van der Waals surface area contributed by atoms with E-state index in [9.17, 15) is 9.59 Å². The molecule has 3 amide bonds. The van der Waals surface area contributed by atoms with Gasteiger partial charge in [-0.25, -0.2) is 4.79 Å². The molecule has 0 bridgehead atoms. The highest BCUT2D eigenvalue weighted by atomic mass is 16.6. The van der Waals surface area contributed by atoms with Crippen LogP contribution in [0.25, 0.3) is 0 Å². The van der Waals surface area contributed by atoms with Gasteiger partial charge in [-0.3, -0.25) is 4.79 Å². The Hall–Kier alpha value is -3.75. The first-order valence-corrected chi connectivity index (χ1v) is 11.1. The molecule has 0 saturated carbocycles. The first-order chi connectivity index (χ1) is 16.1. The zero-order valence-corrected chi connectivity index (χ0v) is 18.6. The molecule has 1 fully saturated rings. The van der Waals surface area contributed by atoms with E-state index in [1.165, 1.54) is 0 Å². The van der Waals surface area contributed by atoms with Gasteiger partial charge in [-0.05, 0) is 36.8 Å². The molecule has 9 heteroatoms. The summed E-state index contributed by atoms with van der Waals surface area (Å²) in [6.45, 7) is 3.88. The fourth-order valence-electron chi connectivity index (χ4n) is 3.66. The highest BCUT2D eigenvalue weighted by Gasteiger charge is 2.21. The number of nitrogens with one attached hydrogen (secondary N) is 2. The van der Waals surface area contributed by atoms with Gasteiger partial charge < -0.3 is 29.8 Å². The summed E-state index contributed by atoms with van der Waals surface area (Å²) in [5, 5.41) is 9.88. The maximum Gasteiger partial charge on any atom is 0.321 e. The molecule has 2 heterocycles. The van der Waals surface area contributed by atoms with E-state index in [0.717, 1.165) is 17.0 Å². The summed E-state index contributed by atoms with van der Waals surface area (Å²) in [6, 6.07) is 14.6. The quantitative estimate of drug-likeness (QED) is 0.655. The molecule has 2 aliphatic heterocycles. The number of nitrogens with zero attached hydrogens (tertiary/aromatic N) is 2. The maximum absolute atomic E-state index is 12.4. The van der Waals surface area contributed by atoms with Gasteiger partial charge in [0, 0.05) is 31.6 Å². The number of benzene rings is 2. The van der Waals surface area contributed by atoms with Crippen LogP contribution in [0.15, 0.2) is 53.7 Å². The number of para-hydroxylation sites is 1. The van der Waals surface area contributed by atoms with E-state index in [1.807, 2.05) is 55.5 Å². The van der Waals surface area contributed by atoms with Crippen molar-refractivity contribution in [3.63, 3.8) is 0 Å². The van der Waals surface area contributed by atoms with E-state index in [2.05, 4.69) is 15.8 Å². The smallest absolute Gasteiger partial charge is 0.321 e. The Labute approximate surface area is 192 Å². The highest BCUT2D eigenvalue weighted by molar-refractivity contribution is 5.92. The van der Waals surface area contributed by atoms with Crippen molar-refractivity contribution in [1.82, 2.24) is 10.2 Å². The van der Waals surface area contributed by atoms with Crippen LogP contribution in [-0.2, 0) is 9.63 Å². The number of urea groups is 1. The lowest BCUT2D eigenvalue weighted by Gasteiger charge is -2.27. The van der Waals surface area contributed by atoms with Gasteiger partial charge in [0.1, 0.15) is 13.2 Å². The molecule has 0 spiro atoms. The molecule has 2 aliphatic rings. The molecule has 174 valence electrons. The zero-order chi connectivity index (χ0) is 23.0. The summed E-state index contributed by atoms with van der Waals surface area (Å²) in [4.78, 5) is 31.6. The van der Waals surface area contributed by atoms with Crippen molar-refractivity contribution in [2.45, 2.75) is 25.8 Å². The van der Waals surface area contributed by atoms with Crippen LogP contribution in [-0.4, -0.2) is 55.5 Å². The average Bonchev–Trinajstić information content (AvgIpc) is 2.84. The molecule has 1 unspecified atom stereocenters. The largest absolute Gasteiger partial charge is 0.486 e. The number of hydrogen-bond acceptors (Lipinski definition) is 6. The predicted octanol–water partition coefficient (Wildman–Crippen LogP) is 3.34. The van der Waals surface area contributed by atoms with E-state index < -0.39 is 0 Å². The second kappa shape index (κ2) is 10.7. The van der Waals surface area contributed by atoms with Crippen LogP contribution in [0.4, 0.5) is 10.5 Å². The van der Waals surface area contributed by atoms with E-state index in [0.29, 0.717) is 50.6 Å². The van der Waals surface area contributed by atoms with Crippen molar-refractivity contribution in [2.24, 2.45) is 5.16 Å². The summed E-state index contributed by atoms with van der Waals surface area (Å²) in [6.07, 6.45) is 1.22. The Morgan fingerprint density at radius 2 is 1.79 bits per heavy atom. The number of hydrogen-bond donors (Lipinski definition) is 2. The number of ether oxygens (including phenoxy) is 2. The third kappa shape index (κ3) is 6.15. The van der Waals surface area contributed by atoms with Crippen LogP contribution in [0, 0.1) is 0 Å². The minimum Gasteiger partial charge on any atom is -0.486 e.